The Morgan fingerprint density at radius 1 is 1.19 bits per heavy atom. The third-order valence-corrected chi connectivity index (χ3v) is 5.15. The first-order valence-corrected chi connectivity index (χ1v) is 10.0. The van der Waals surface area contributed by atoms with Gasteiger partial charge in [-0.05, 0) is 49.2 Å². The highest BCUT2D eigenvalue weighted by molar-refractivity contribution is 6.34. The molecule has 1 unspecified atom stereocenters. The van der Waals surface area contributed by atoms with Gasteiger partial charge in [0.2, 0.25) is 11.9 Å². The van der Waals surface area contributed by atoms with E-state index in [0.29, 0.717) is 11.3 Å². The third-order valence-electron chi connectivity index (χ3n) is 4.85. The first-order valence-electron chi connectivity index (χ1n) is 9.63. The second-order valence-corrected chi connectivity index (χ2v) is 7.57. The summed E-state index contributed by atoms with van der Waals surface area (Å²) >= 11 is 6.29. The average Bonchev–Trinajstić information content (AvgIpc) is 3.13. The molecule has 12 heteroatoms. The van der Waals surface area contributed by atoms with Crippen molar-refractivity contribution < 1.29 is 17.9 Å². The lowest BCUT2D eigenvalue weighted by Gasteiger charge is -2.24. The summed E-state index contributed by atoms with van der Waals surface area (Å²) in [5.74, 6) is 0.670. The van der Waals surface area contributed by atoms with Crippen LogP contribution in [0.4, 0.5) is 30.8 Å². The molecule has 0 saturated carbocycles. The van der Waals surface area contributed by atoms with E-state index in [1.807, 2.05) is 0 Å². The lowest BCUT2D eigenvalue weighted by molar-refractivity contribution is -0.137. The summed E-state index contributed by atoms with van der Waals surface area (Å²) in [6.07, 6.45) is -2.63. The van der Waals surface area contributed by atoms with Gasteiger partial charge >= 0.3 is 6.18 Å². The van der Waals surface area contributed by atoms with Crippen LogP contribution in [-0.2, 0) is 6.18 Å². The van der Waals surface area contributed by atoms with Gasteiger partial charge in [0.15, 0.2) is 0 Å². The molecular formula is C20H21Cl2F3N6O. The van der Waals surface area contributed by atoms with Gasteiger partial charge in [0.05, 0.1) is 10.6 Å². The van der Waals surface area contributed by atoms with Gasteiger partial charge in [-0.25, -0.2) is 5.10 Å². The minimum Gasteiger partial charge on any atom is -0.489 e. The molecule has 32 heavy (non-hydrogen) atoms. The van der Waals surface area contributed by atoms with E-state index >= 15 is 0 Å². The molecule has 4 rings (SSSR count). The Kier molecular flexibility index (Phi) is 7.37. The van der Waals surface area contributed by atoms with Gasteiger partial charge in [-0.1, -0.05) is 23.7 Å². The molecule has 0 radical (unpaired) electrons. The Morgan fingerprint density at radius 2 is 1.94 bits per heavy atom. The Hall–Kier alpha value is -2.69. The standard InChI is InChI=1S/C20H20ClF3N6O.ClH/c21-16-9-12(27-19-28-18(25)29-30-19)8-15(20(22,23)24)17(16)11-3-5-13(6-4-11)31-14-2-1-7-26-10-14;/h3-6,8-9,14,26H,1-2,7,10H2,(H4,25,27,28,29,30);1H. The number of piperidine rings is 1. The number of alkyl halides is 3. The maximum absolute atomic E-state index is 13.8. The van der Waals surface area contributed by atoms with Crippen LogP contribution in [0.1, 0.15) is 18.4 Å². The van der Waals surface area contributed by atoms with Crippen molar-refractivity contribution in [3.63, 3.8) is 0 Å². The molecule has 5 N–H and O–H groups in total. The van der Waals surface area contributed by atoms with Crippen LogP contribution < -0.4 is 21.1 Å². The van der Waals surface area contributed by atoms with E-state index in [0.717, 1.165) is 32.0 Å². The molecule has 172 valence electrons. The van der Waals surface area contributed by atoms with Crippen LogP contribution in [0.3, 0.4) is 0 Å². The number of H-pyrrole nitrogens is 1. The Bertz CT molecular complexity index is 1050. The highest BCUT2D eigenvalue weighted by atomic mass is 35.5. The van der Waals surface area contributed by atoms with Crippen molar-refractivity contribution in [2.45, 2.75) is 25.1 Å². The van der Waals surface area contributed by atoms with Crippen LogP contribution in [0.15, 0.2) is 36.4 Å². The minimum absolute atomic E-state index is 0. The summed E-state index contributed by atoms with van der Waals surface area (Å²) < 4.78 is 47.5. The number of aromatic nitrogens is 3. The molecule has 0 aliphatic carbocycles. The predicted octanol–water partition coefficient (Wildman–Crippen LogP) is 5.02. The molecule has 0 spiro atoms. The SMILES string of the molecule is Cl.Nc1nc(Nc2cc(Cl)c(-c3ccc(OC4CCCNC4)cc3)c(C(F)(F)F)c2)n[nH]1. The van der Waals surface area contributed by atoms with Gasteiger partial charge in [-0.2, -0.15) is 18.2 Å². The molecule has 1 aliphatic heterocycles. The van der Waals surface area contributed by atoms with E-state index in [1.54, 1.807) is 24.3 Å². The Labute approximate surface area is 193 Å². The van der Waals surface area contributed by atoms with Crippen molar-refractivity contribution >= 4 is 41.6 Å². The molecule has 3 aromatic rings. The van der Waals surface area contributed by atoms with Gasteiger partial charge in [-0.15, -0.1) is 17.5 Å². The molecule has 1 saturated heterocycles. The Morgan fingerprint density at radius 3 is 2.53 bits per heavy atom. The summed E-state index contributed by atoms with van der Waals surface area (Å²) in [6.45, 7) is 1.71. The van der Waals surface area contributed by atoms with Crippen LogP contribution in [0.2, 0.25) is 5.02 Å². The van der Waals surface area contributed by atoms with Crippen LogP contribution in [0.5, 0.6) is 5.75 Å². The van der Waals surface area contributed by atoms with E-state index in [-0.39, 0.29) is 46.7 Å². The Balaban J connectivity index is 0.00000289. The number of nitrogens with zero attached hydrogens (tertiary/aromatic N) is 2. The molecule has 1 atom stereocenters. The number of nitrogens with one attached hydrogen (secondary N) is 3. The van der Waals surface area contributed by atoms with Crippen LogP contribution in [0.25, 0.3) is 11.1 Å². The smallest absolute Gasteiger partial charge is 0.417 e. The fourth-order valence-electron chi connectivity index (χ4n) is 3.47. The monoisotopic (exact) mass is 488 g/mol. The van der Waals surface area contributed by atoms with Crippen molar-refractivity contribution in [2.75, 3.05) is 24.1 Å². The highest BCUT2D eigenvalue weighted by Gasteiger charge is 2.35. The average molecular weight is 489 g/mol. The number of halogens is 5. The van der Waals surface area contributed by atoms with E-state index in [2.05, 4.69) is 25.8 Å². The molecule has 0 amide bonds. The fourth-order valence-corrected chi connectivity index (χ4v) is 3.80. The second kappa shape index (κ2) is 9.85. The van der Waals surface area contributed by atoms with Crippen molar-refractivity contribution in [3.05, 3.63) is 47.0 Å². The predicted molar refractivity (Wildman–Crippen MR) is 120 cm³/mol. The van der Waals surface area contributed by atoms with Gasteiger partial charge in [0, 0.05) is 17.8 Å². The highest BCUT2D eigenvalue weighted by Crippen LogP contribution is 2.43. The zero-order valence-corrected chi connectivity index (χ0v) is 18.2. The molecule has 1 aromatic heterocycles. The summed E-state index contributed by atoms with van der Waals surface area (Å²) in [5.41, 5.74) is 4.88. The van der Waals surface area contributed by atoms with Crippen molar-refractivity contribution in [1.29, 1.82) is 0 Å². The maximum Gasteiger partial charge on any atom is 0.417 e. The number of aromatic amines is 1. The van der Waals surface area contributed by atoms with E-state index in [4.69, 9.17) is 22.1 Å². The van der Waals surface area contributed by atoms with E-state index in [9.17, 15) is 13.2 Å². The zero-order valence-electron chi connectivity index (χ0n) is 16.7. The molecule has 2 aromatic carbocycles. The lowest BCUT2D eigenvalue weighted by Crippen LogP contribution is -2.37. The lowest BCUT2D eigenvalue weighted by atomic mass is 9.98. The number of hydrogen-bond acceptors (Lipinski definition) is 6. The molecular weight excluding hydrogens is 468 g/mol. The maximum atomic E-state index is 13.8. The number of benzene rings is 2. The molecule has 1 fully saturated rings. The van der Waals surface area contributed by atoms with Gasteiger partial charge in [0.1, 0.15) is 11.9 Å². The number of nitrogen functional groups attached to an aromatic ring is 1. The summed E-state index contributed by atoms with van der Waals surface area (Å²) in [5, 5.41) is 12.0. The van der Waals surface area contributed by atoms with Crippen LogP contribution >= 0.6 is 24.0 Å². The number of rotatable bonds is 5. The molecule has 7 nitrogen and oxygen atoms in total. The first-order chi connectivity index (χ1) is 14.8. The zero-order chi connectivity index (χ0) is 22.0. The van der Waals surface area contributed by atoms with Crippen molar-refractivity contribution in [1.82, 2.24) is 20.5 Å². The van der Waals surface area contributed by atoms with Crippen molar-refractivity contribution in [2.24, 2.45) is 0 Å². The quantitative estimate of drug-likeness (QED) is 0.402. The summed E-state index contributed by atoms with van der Waals surface area (Å²) in [7, 11) is 0. The number of nitrogens with two attached hydrogens (primary N) is 1. The van der Waals surface area contributed by atoms with Crippen LogP contribution in [-0.4, -0.2) is 34.4 Å². The van der Waals surface area contributed by atoms with Gasteiger partial charge < -0.3 is 21.1 Å². The fraction of sp³-hybridized carbons (Fsp3) is 0.300. The second-order valence-electron chi connectivity index (χ2n) is 7.16. The van der Waals surface area contributed by atoms with Gasteiger partial charge in [0.25, 0.3) is 0 Å². The number of anilines is 3. The number of ether oxygens (including phenoxy) is 1. The van der Waals surface area contributed by atoms with Crippen LogP contribution in [0, 0.1) is 0 Å². The molecule has 2 heterocycles. The van der Waals surface area contributed by atoms with E-state index < -0.39 is 11.7 Å². The topological polar surface area (TPSA) is 101 Å². The third kappa shape index (κ3) is 5.56. The molecule has 1 aliphatic rings. The van der Waals surface area contributed by atoms with E-state index in [1.165, 1.54) is 6.07 Å². The normalized spacial score (nSPS) is 16.3. The first kappa shape index (κ1) is 24.0. The minimum atomic E-state index is -4.63. The largest absolute Gasteiger partial charge is 0.489 e. The van der Waals surface area contributed by atoms with Gasteiger partial charge in [-0.3, -0.25) is 0 Å². The summed E-state index contributed by atoms with van der Waals surface area (Å²) in [6, 6.07) is 8.81. The summed E-state index contributed by atoms with van der Waals surface area (Å²) in [4.78, 5) is 3.82. The number of hydrogen-bond donors (Lipinski definition) is 4. The van der Waals surface area contributed by atoms with Crippen molar-refractivity contribution in [3.8, 4) is 16.9 Å². The molecule has 0 bridgehead atoms.